The van der Waals surface area contributed by atoms with E-state index in [9.17, 15) is 4.79 Å². The van der Waals surface area contributed by atoms with E-state index in [2.05, 4.69) is 10.3 Å². The molecule has 1 N–H and O–H groups in total. The number of anilines is 1. The van der Waals surface area contributed by atoms with Gasteiger partial charge in [-0.15, -0.1) is 11.3 Å². The second kappa shape index (κ2) is 7.68. The molecule has 0 aliphatic rings. The second-order valence-electron chi connectivity index (χ2n) is 5.55. The number of carbonyl (C=O) groups excluding carboxylic acids is 1. The van der Waals surface area contributed by atoms with Gasteiger partial charge in [0.1, 0.15) is 5.75 Å². The van der Waals surface area contributed by atoms with Crippen molar-refractivity contribution in [2.24, 2.45) is 0 Å². The predicted octanol–water partition coefficient (Wildman–Crippen LogP) is 4.96. The first-order valence-electron chi connectivity index (χ1n) is 7.70. The van der Waals surface area contributed by atoms with Crippen molar-refractivity contribution >= 4 is 34.0 Å². The number of hydrogen-bond acceptors (Lipinski definition) is 4. The molecule has 0 aliphatic carbocycles. The van der Waals surface area contributed by atoms with Crippen LogP contribution < -0.4 is 10.1 Å². The molecule has 0 aliphatic heterocycles. The first-order chi connectivity index (χ1) is 12.1. The molecular weight excluding hydrogens is 356 g/mol. The summed E-state index contributed by atoms with van der Waals surface area (Å²) in [6.07, 6.45) is 0.262. The van der Waals surface area contributed by atoms with Gasteiger partial charge in [-0.25, -0.2) is 4.98 Å². The van der Waals surface area contributed by atoms with Gasteiger partial charge in [0.05, 0.1) is 19.2 Å². The summed E-state index contributed by atoms with van der Waals surface area (Å²) in [7, 11) is 1.62. The monoisotopic (exact) mass is 372 g/mol. The summed E-state index contributed by atoms with van der Waals surface area (Å²) < 4.78 is 5.29. The molecular formula is C19H17ClN2O2S. The fourth-order valence-electron chi connectivity index (χ4n) is 2.45. The van der Waals surface area contributed by atoms with Crippen LogP contribution in [0.2, 0.25) is 5.02 Å². The first kappa shape index (κ1) is 17.5. The van der Waals surface area contributed by atoms with E-state index in [1.165, 1.54) is 11.3 Å². The maximum absolute atomic E-state index is 12.3. The van der Waals surface area contributed by atoms with E-state index in [0.29, 0.717) is 10.2 Å². The number of carbonyl (C=O) groups is 1. The van der Waals surface area contributed by atoms with Crippen molar-refractivity contribution in [2.45, 2.75) is 13.3 Å². The van der Waals surface area contributed by atoms with Gasteiger partial charge in [-0.1, -0.05) is 41.9 Å². The zero-order valence-electron chi connectivity index (χ0n) is 13.9. The van der Waals surface area contributed by atoms with Crippen molar-refractivity contribution in [3.05, 3.63) is 64.0 Å². The number of methoxy groups -OCH3 is 1. The van der Waals surface area contributed by atoms with Crippen LogP contribution in [0.15, 0.2) is 47.8 Å². The lowest BCUT2D eigenvalue weighted by Crippen LogP contribution is -2.14. The average Bonchev–Trinajstić information content (AvgIpc) is 3.05. The van der Waals surface area contributed by atoms with Crippen LogP contribution in [0.25, 0.3) is 11.3 Å². The Hall–Kier alpha value is -2.37. The highest BCUT2D eigenvalue weighted by Gasteiger charge is 2.11. The lowest BCUT2D eigenvalue weighted by atomic mass is 10.1. The van der Waals surface area contributed by atoms with Crippen LogP contribution in [-0.4, -0.2) is 18.0 Å². The number of benzene rings is 2. The van der Waals surface area contributed by atoms with Gasteiger partial charge in [-0.05, 0) is 30.2 Å². The van der Waals surface area contributed by atoms with Crippen LogP contribution in [0.4, 0.5) is 5.13 Å². The Morgan fingerprint density at radius 2 is 2.08 bits per heavy atom. The van der Waals surface area contributed by atoms with Crippen molar-refractivity contribution in [1.82, 2.24) is 4.98 Å². The van der Waals surface area contributed by atoms with Crippen molar-refractivity contribution in [3.63, 3.8) is 0 Å². The molecule has 0 fully saturated rings. The van der Waals surface area contributed by atoms with E-state index in [1.54, 1.807) is 7.11 Å². The van der Waals surface area contributed by atoms with Crippen LogP contribution in [0, 0.1) is 6.92 Å². The minimum absolute atomic E-state index is 0.119. The molecule has 3 aromatic rings. The summed E-state index contributed by atoms with van der Waals surface area (Å²) in [5.41, 5.74) is 3.53. The molecule has 1 amide bonds. The van der Waals surface area contributed by atoms with Crippen molar-refractivity contribution < 1.29 is 9.53 Å². The highest BCUT2D eigenvalue weighted by Crippen LogP contribution is 2.30. The summed E-state index contributed by atoms with van der Waals surface area (Å²) in [5, 5.41) is 5.91. The summed E-state index contributed by atoms with van der Waals surface area (Å²) in [5.74, 6) is 0.659. The van der Waals surface area contributed by atoms with Crippen molar-refractivity contribution in [2.75, 3.05) is 12.4 Å². The number of nitrogens with one attached hydrogen (secondary N) is 1. The van der Waals surface area contributed by atoms with Gasteiger partial charge >= 0.3 is 0 Å². The normalized spacial score (nSPS) is 10.5. The van der Waals surface area contributed by atoms with E-state index >= 15 is 0 Å². The molecule has 0 saturated carbocycles. The smallest absolute Gasteiger partial charge is 0.230 e. The lowest BCUT2D eigenvalue weighted by molar-refractivity contribution is -0.115. The standard InChI is InChI=1S/C19H17ClN2O2S/c1-12-7-8-13(9-17(12)24-2)10-18(23)22-19-21-16(11-25-19)14-5-3-4-6-15(14)20/h3-9,11H,10H2,1-2H3,(H,21,22,23). The first-order valence-corrected chi connectivity index (χ1v) is 8.96. The van der Waals surface area contributed by atoms with Crippen molar-refractivity contribution in [3.8, 4) is 17.0 Å². The summed E-state index contributed by atoms with van der Waals surface area (Å²) >= 11 is 7.56. The molecule has 128 valence electrons. The Balaban J connectivity index is 1.69. The molecule has 3 rings (SSSR count). The van der Waals surface area contributed by atoms with Gasteiger partial charge in [0, 0.05) is 16.0 Å². The number of aromatic nitrogens is 1. The molecule has 25 heavy (non-hydrogen) atoms. The third kappa shape index (κ3) is 4.18. The van der Waals surface area contributed by atoms with Crippen LogP contribution in [0.1, 0.15) is 11.1 Å². The van der Waals surface area contributed by atoms with Gasteiger partial charge in [0.2, 0.25) is 5.91 Å². The zero-order valence-corrected chi connectivity index (χ0v) is 15.4. The third-order valence-electron chi connectivity index (χ3n) is 3.74. The number of amides is 1. The van der Waals surface area contributed by atoms with Gasteiger partial charge in [0.15, 0.2) is 5.13 Å². The quantitative estimate of drug-likeness (QED) is 0.688. The molecule has 0 atom stereocenters. The fourth-order valence-corrected chi connectivity index (χ4v) is 3.41. The van der Waals surface area contributed by atoms with Crippen molar-refractivity contribution in [1.29, 1.82) is 0 Å². The SMILES string of the molecule is COc1cc(CC(=O)Nc2nc(-c3ccccc3Cl)cs2)ccc1C. The van der Waals surface area contributed by atoms with Crippen LogP contribution in [0.3, 0.4) is 0 Å². The zero-order chi connectivity index (χ0) is 17.8. The molecule has 1 aromatic heterocycles. The minimum Gasteiger partial charge on any atom is -0.496 e. The number of nitrogens with zero attached hydrogens (tertiary/aromatic N) is 1. The Morgan fingerprint density at radius 1 is 1.28 bits per heavy atom. The van der Waals surface area contributed by atoms with E-state index < -0.39 is 0 Å². The Kier molecular flexibility index (Phi) is 5.36. The van der Waals surface area contributed by atoms with Gasteiger partial charge in [-0.3, -0.25) is 4.79 Å². The predicted molar refractivity (Wildman–Crippen MR) is 103 cm³/mol. The van der Waals surface area contributed by atoms with Crippen LogP contribution in [-0.2, 0) is 11.2 Å². The topological polar surface area (TPSA) is 51.2 Å². The number of aryl methyl sites for hydroxylation is 1. The lowest BCUT2D eigenvalue weighted by Gasteiger charge is -2.07. The van der Waals surface area contributed by atoms with E-state index in [4.69, 9.17) is 16.3 Å². The fraction of sp³-hybridized carbons (Fsp3) is 0.158. The highest BCUT2D eigenvalue weighted by atomic mass is 35.5. The van der Waals surface area contributed by atoms with Gasteiger partial charge in [0.25, 0.3) is 0 Å². The molecule has 0 saturated heterocycles. The molecule has 0 bridgehead atoms. The Morgan fingerprint density at radius 3 is 2.84 bits per heavy atom. The highest BCUT2D eigenvalue weighted by molar-refractivity contribution is 7.14. The molecule has 0 radical (unpaired) electrons. The largest absolute Gasteiger partial charge is 0.496 e. The maximum atomic E-state index is 12.3. The average molecular weight is 373 g/mol. The molecule has 4 nitrogen and oxygen atoms in total. The molecule has 1 heterocycles. The maximum Gasteiger partial charge on any atom is 0.230 e. The molecule has 2 aromatic carbocycles. The summed E-state index contributed by atoms with van der Waals surface area (Å²) in [6, 6.07) is 13.3. The Labute approximate surface area is 155 Å². The number of hydrogen-bond donors (Lipinski definition) is 1. The third-order valence-corrected chi connectivity index (χ3v) is 4.82. The summed E-state index contributed by atoms with van der Waals surface area (Å²) in [4.78, 5) is 16.7. The molecule has 6 heteroatoms. The molecule has 0 unspecified atom stereocenters. The molecule has 0 spiro atoms. The Bertz CT molecular complexity index is 908. The van der Waals surface area contributed by atoms with Gasteiger partial charge in [-0.2, -0.15) is 0 Å². The van der Waals surface area contributed by atoms with E-state index in [-0.39, 0.29) is 12.3 Å². The number of rotatable bonds is 5. The minimum atomic E-state index is -0.119. The second-order valence-corrected chi connectivity index (χ2v) is 6.81. The number of ether oxygens (including phenoxy) is 1. The van der Waals surface area contributed by atoms with E-state index in [1.807, 2.05) is 54.8 Å². The van der Waals surface area contributed by atoms with Crippen LogP contribution >= 0.6 is 22.9 Å². The number of thiazole rings is 1. The number of halogens is 1. The summed E-state index contributed by atoms with van der Waals surface area (Å²) in [6.45, 7) is 1.97. The van der Waals surface area contributed by atoms with E-state index in [0.717, 1.165) is 28.1 Å². The van der Waals surface area contributed by atoms with Crippen LogP contribution in [0.5, 0.6) is 5.75 Å². The van der Waals surface area contributed by atoms with Gasteiger partial charge < -0.3 is 10.1 Å².